The molecule has 0 aliphatic rings. The topological polar surface area (TPSA) is 92.0 Å². The molecular formula is C31H31I2N3O5. The van der Waals surface area contributed by atoms with Gasteiger partial charge in [-0.3, -0.25) is 4.79 Å². The number of ether oxygens (including phenoxy) is 3. The fraction of sp³-hybridized carbons (Fsp3) is 0.290. The second-order valence-corrected chi connectivity index (χ2v) is 12.0. The zero-order valence-corrected chi connectivity index (χ0v) is 28.0. The van der Waals surface area contributed by atoms with Gasteiger partial charge in [-0.2, -0.15) is 9.78 Å². The molecule has 3 aromatic carbocycles. The maximum atomic E-state index is 13.7. The summed E-state index contributed by atoms with van der Waals surface area (Å²) in [5, 5.41) is 5.13. The first-order chi connectivity index (χ1) is 19.5. The molecule has 0 unspecified atom stereocenters. The number of nitrogens with zero attached hydrogens (tertiary/aromatic N) is 3. The van der Waals surface area contributed by atoms with Gasteiger partial charge in [0.1, 0.15) is 11.5 Å². The van der Waals surface area contributed by atoms with Crippen LogP contribution in [0.25, 0.3) is 22.3 Å². The van der Waals surface area contributed by atoms with Gasteiger partial charge in [0.15, 0.2) is 11.9 Å². The third kappa shape index (κ3) is 6.74. The molecule has 8 nitrogen and oxygen atoms in total. The molecule has 4 rings (SSSR count). The Kier molecular flexibility index (Phi) is 10.1. The Bertz CT molecular complexity index is 1670. The molecule has 0 aliphatic carbocycles. The Hall–Kier alpha value is -3.00. The van der Waals surface area contributed by atoms with Crippen LogP contribution in [0.1, 0.15) is 50.3 Å². The number of aryl methyl sites for hydroxylation is 1. The van der Waals surface area contributed by atoms with Crippen LogP contribution in [0.4, 0.5) is 0 Å². The summed E-state index contributed by atoms with van der Waals surface area (Å²) < 4.78 is 19.5. The van der Waals surface area contributed by atoms with Crippen molar-refractivity contribution in [2.75, 3.05) is 13.7 Å². The third-order valence-electron chi connectivity index (χ3n) is 6.45. The van der Waals surface area contributed by atoms with Crippen molar-refractivity contribution in [1.82, 2.24) is 9.66 Å². The van der Waals surface area contributed by atoms with Crippen molar-refractivity contribution in [1.29, 1.82) is 0 Å². The van der Waals surface area contributed by atoms with Gasteiger partial charge < -0.3 is 14.2 Å². The number of hydrogen-bond acceptors (Lipinski definition) is 7. The zero-order valence-electron chi connectivity index (χ0n) is 23.7. The summed E-state index contributed by atoms with van der Waals surface area (Å²) in [6.45, 7) is 9.87. The van der Waals surface area contributed by atoms with Gasteiger partial charge in [-0.05, 0) is 125 Å². The number of rotatable bonds is 9. The Balaban J connectivity index is 1.83. The minimum Gasteiger partial charge on any atom is -0.496 e. The standard InChI is InChI=1S/C31H31I2N3O5/c1-7-40-31(38)19(5)41-28-24(32)13-20(14-25(28)33)16-34-36-29(35-26-11-9-8-10-21(26)30(36)37)23-15-22(17(2)3)27(39-6)12-18(23)4/h8-17,19H,7H2,1-6H3/t19-/m0/s1. The van der Waals surface area contributed by atoms with Gasteiger partial charge in [0.2, 0.25) is 0 Å². The monoisotopic (exact) mass is 779 g/mol. The summed E-state index contributed by atoms with van der Waals surface area (Å²) in [6, 6.07) is 15.0. The summed E-state index contributed by atoms with van der Waals surface area (Å²) in [6.07, 6.45) is 0.886. The second kappa shape index (κ2) is 13.3. The average molecular weight is 779 g/mol. The van der Waals surface area contributed by atoms with Crippen molar-refractivity contribution >= 4 is 68.3 Å². The number of methoxy groups -OCH3 is 1. The lowest BCUT2D eigenvalue weighted by molar-refractivity contribution is -0.150. The van der Waals surface area contributed by atoms with Crippen LogP contribution in [-0.4, -0.2) is 41.7 Å². The van der Waals surface area contributed by atoms with E-state index in [1.54, 1.807) is 33.2 Å². The fourth-order valence-electron chi connectivity index (χ4n) is 4.35. The highest BCUT2D eigenvalue weighted by Gasteiger charge is 2.20. The highest BCUT2D eigenvalue weighted by molar-refractivity contribution is 14.1. The van der Waals surface area contributed by atoms with E-state index in [2.05, 4.69) is 64.1 Å². The van der Waals surface area contributed by atoms with Gasteiger partial charge in [0, 0.05) is 5.56 Å². The van der Waals surface area contributed by atoms with Gasteiger partial charge in [0.25, 0.3) is 5.56 Å². The molecule has 1 atom stereocenters. The molecule has 4 aromatic rings. The number of esters is 1. The van der Waals surface area contributed by atoms with E-state index in [0.29, 0.717) is 22.5 Å². The number of para-hydroxylation sites is 1. The molecule has 0 fully saturated rings. The lowest BCUT2D eigenvalue weighted by Gasteiger charge is -2.17. The second-order valence-electron chi connectivity index (χ2n) is 9.70. The van der Waals surface area contributed by atoms with Crippen molar-refractivity contribution in [2.45, 2.75) is 46.6 Å². The number of carbonyl (C=O) groups excluding carboxylic acids is 1. The van der Waals surface area contributed by atoms with Crippen LogP contribution in [0.2, 0.25) is 0 Å². The predicted molar refractivity (Wildman–Crippen MR) is 178 cm³/mol. The molecule has 0 saturated heterocycles. The summed E-state index contributed by atoms with van der Waals surface area (Å²) in [5.74, 6) is 1.60. The maximum absolute atomic E-state index is 13.7. The molecule has 0 aliphatic heterocycles. The van der Waals surface area contributed by atoms with Crippen molar-refractivity contribution in [3.8, 4) is 22.9 Å². The SMILES string of the molecule is CCOC(=O)[C@H](C)Oc1c(I)cc(C=Nn2c(-c3cc(C(C)C)c(OC)cc3C)nc3ccccc3c2=O)cc1I. The largest absolute Gasteiger partial charge is 0.496 e. The molecule has 0 amide bonds. The van der Waals surface area contributed by atoms with Gasteiger partial charge in [0.05, 0.1) is 38.0 Å². The van der Waals surface area contributed by atoms with Crippen LogP contribution >= 0.6 is 45.2 Å². The van der Waals surface area contributed by atoms with Crippen molar-refractivity contribution in [3.05, 3.63) is 82.7 Å². The number of carbonyl (C=O) groups is 1. The highest BCUT2D eigenvalue weighted by atomic mass is 127. The summed E-state index contributed by atoms with van der Waals surface area (Å²) >= 11 is 4.33. The smallest absolute Gasteiger partial charge is 0.347 e. The molecule has 0 spiro atoms. The number of halogens is 2. The fourth-order valence-corrected chi connectivity index (χ4v) is 6.42. The number of fused-ring (bicyclic) bond motifs is 1. The molecule has 0 radical (unpaired) electrons. The average Bonchev–Trinajstić information content (AvgIpc) is 2.94. The van der Waals surface area contributed by atoms with E-state index < -0.39 is 12.1 Å². The van der Waals surface area contributed by atoms with E-state index >= 15 is 0 Å². The third-order valence-corrected chi connectivity index (χ3v) is 8.05. The van der Waals surface area contributed by atoms with E-state index in [0.717, 1.165) is 35.1 Å². The minimum absolute atomic E-state index is 0.199. The van der Waals surface area contributed by atoms with Crippen LogP contribution in [0.3, 0.4) is 0 Å². The number of hydrogen-bond donors (Lipinski definition) is 0. The molecule has 0 bridgehead atoms. The predicted octanol–water partition coefficient (Wildman–Crippen LogP) is 6.93. The molecular weight excluding hydrogens is 748 g/mol. The van der Waals surface area contributed by atoms with Crippen LogP contribution in [0, 0.1) is 14.1 Å². The number of aromatic nitrogens is 2. The van der Waals surface area contributed by atoms with E-state index in [-0.39, 0.29) is 18.1 Å². The van der Waals surface area contributed by atoms with E-state index in [4.69, 9.17) is 19.2 Å². The van der Waals surface area contributed by atoms with E-state index in [1.807, 2.05) is 49.4 Å². The maximum Gasteiger partial charge on any atom is 0.347 e. The summed E-state index contributed by atoms with van der Waals surface area (Å²) in [4.78, 5) is 30.7. The van der Waals surface area contributed by atoms with Gasteiger partial charge in [-0.1, -0.05) is 26.0 Å². The molecule has 0 N–H and O–H groups in total. The highest BCUT2D eigenvalue weighted by Crippen LogP contribution is 2.34. The van der Waals surface area contributed by atoms with Crippen molar-refractivity contribution in [3.63, 3.8) is 0 Å². The van der Waals surface area contributed by atoms with Crippen LogP contribution in [0.5, 0.6) is 11.5 Å². The quantitative estimate of drug-likeness (QED) is 0.104. The van der Waals surface area contributed by atoms with Crippen molar-refractivity contribution in [2.24, 2.45) is 5.10 Å². The Labute approximate surface area is 266 Å². The molecule has 1 heterocycles. The van der Waals surface area contributed by atoms with E-state index in [1.165, 1.54) is 4.68 Å². The minimum atomic E-state index is -0.746. The molecule has 0 saturated carbocycles. The zero-order chi connectivity index (χ0) is 29.8. The summed E-state index contributed by atoms with van der Waals surface area (Å²) in [5.41, 5.74) is 3.82. The van der Waals surface area contributed by atoms with Crippen LogP contribution in [0.15, 0.2) is 58.4 Å². The van der Waals surface area contributed by atoms with Crippen LogP contribution in [-0.2, 0) is 9.53 Å². The van der Waals surface area contributed by atoms with Gasteiger partial charge >= 0.3 is 5.97 Å². The first-order valence-electron chi connectivity index (χ1n) is 13.1. The van der Waals surface area contributed by atoms with Gasteiger partial charge in [-0.15, -0.1) is 0 Å². The lowest BCUT2D eigenvalue weighted by atomic mass is 9.96. The van der Waals surface area contributed by atoms with Crippen molar-refractivity contribution < 1.29 is 19.0 Å². The summed E-state index contributed by atoms with van der Waals surface area (Å²) in [7, 11) is 1.66. The first kappa shape index (κ1) is 30.9. The molecule has 1 aromatic heterocycles. The van der Waals surface area contributed by atoms with Gasteiger partial charge in [-0.25, -0.2) is 9.78 Å². The van der Waals surface area contributed by atoms with E-state index in [9.17, 15) is 9.59 Å². The molecule has 41 heavy (non-hydrogen) atoms. The van der Waals surface area contributed by atoms with Crippen LogP contribution < -0.4 is 15.0 Å². The Morgan fingerprint density at radius 3 is 2.41 bits per heavy atom. The Morgan fingerprint density at radius 2 is 1.78 bits per heavy atom. The molecule has 10 heteroatoms. The number of benzene rings is 3. The normalized spacial score (nSPS) is 12.2. The Morgan fingerprint density at radius 1 is 1.10 bits per heavy atom. The lowest BCUT2D eigenvalue weighted by Crippen LogP contribution is -2.26. The first-order valence-corrected chi connectivity index (χ1v) is 15.3. The molecule has 214 valence electrons.